The summed E-state index contributed by atoms with van der Waals surface area (Å²) in [6, 6.07) is 15.1. The topological polar surface area (TPSA) is 121 Å². The molecule has 0 saturated carbocycles. The predicted octanol–water partition coefficient (Wildman–Crippen LogP) is 2.75. The van der Waals surface area contributed by atoms with Crippen LogP contribution in [0.25, 0.3) is 0 Å². The molecule has 3 aliphatic rings. The maximum absolute atomic E-state index is 14.2. The molecule has 2 aromatic rings. The first-order valence-electron chi connectivity index (χ1n) is 12.6. The number of amides is 1. The third-order valence-corrected chi connectivity index (χ3v) is 11.8. The minimum atomic E-state index is -4.13. The van der Waals surface area contributed by atoms with Crippen LogP contribution in [0.4, 0.5) is 0 Å². The van der Waals surface area contributed by atoms with Gasteiger partial charge in [-0.25, -0.2) is 21.1 Å². The number of benzene rings is 2. The average Bonchev–Trinajstić information content (AvgIpc) is 3.20. The molecule has 204 valence electrons. The second-order valence-electron chi connectivity index (χ2n) is 10.6. The van der Waals surface area contributed by atoms with E-state index < -0.39 is 49.2 Å². The first kappa shape index (κ1) is 27.0. The van der Waals surface area contributed by atoms with Crippen LogP contribution in [-0.2, 0) is 29.6 Å². The molecule has 2 aromatic carbocycles. The Bertz CT molecular complexity index is 1440. The molecule has 0 aromatic heterocycles. The Kier molecular flexibility index (Phi) is 6.80. The van der Waals surface area contributed by atoms with Gasteiger partial charge in [-0.3, -0.25) is 4.79 Å². The molecule has 11 heteroatoms. The van der Waals surface area contributed by atoms with Crippen LogP contribution in [0.1, 0.15) is 33.1 Å². The van der Waals surface area contributed by atoms with Gasteiger partial charge in [-0.05, 0) is 63.3 Å². The molecule has 5 rings (SSSR count). The van der Waals surface area contributed by atoms with Crippen molar-refractivity contribution >= 4 is 26.0 Å². The Morgan fingerprint density at radius 2 is 1.53 bits per heavy atom. The van der Waals surface area contributed by atoms with E-state index in [2.05, 4.69) is 0 Å². The number of hydrogen-bond acceptors (Lipinski definition) is 7. The SMILES string of the molecule is CC1(C)OC[C@@H](C[C@@]23C=CC(O)C[C@@H]2CCN(S(=O)(=O)c2ccccc2)C3=O)N1S(=O)(=O)c1ccccc1. The van der Waals surface area contributed by atoms with E-state index in [1.165, 1.54) is 34.6 Å². The second kappa shape index (κ2) is 9.56. The van der Waals surface area contributed by atoms with Crippen molar-refractivity contribution in [2.75, 3.05) is 13.2 Å². The summed E-state index contributed by atoms with van der Waals surface area (Å²) < 4.78 is 62.8. The van der Waals surface area contributed by atoms with Gasteiger partial charge >= 0.3 is 0 Å². The summed E-state index contributed by atoms with van der Waals surface area (Å²) in [4.78, 5) is 14.3. The van der Waals surface area contributed by atoms with Gasteiger partial charge in [-0.15, -0.1) is 0 Å². The normalized spacial score (nSPS) is 29.8. The van der Waals surface area contributed by atoms with Crippen molar-refractivity contribution in [1.82, 2.24) is 8.61 Å². The number of nitrogens with zero attached hydrogens (tertiary/aromatic N) is 2. The van der Waals surface area contributed by atoms with Crippen LogP contribution in [0, 0.1) is 11.3 Å². The van der Waals surface area contributed by atoms with Crippen molar-refractivity contribution < 1.29 is 31.5 Å². The van der Waals surface area contributed by atoms with E-state index in [0.717, 1.165) is 4.31 Å². The van der Waals surface area contributed by atoms with Crippen LogP contribution in [-0.4, -0.2) is 67.5 Å². The monoisotopic (exact) mass is 560 g/mol. The van der Waals surface area contributed by atoms with Gasteiger partial charge in [-0.2, -0.15) is 4.31 Å². The van der Waals surface area contributed by atoms with E-state index in [9.17, 15) is 26.7 Å². The molecular formula is C27H32N2O7S2. The molecule has 2 heterocycles. The highest BCUT2D eigenvalue weighted by molar-refractivity contribution is 7.89. The molecule has 1 amide bonds. The van der Waals surface area contributed by atoms with Gasteiger partial charge in [-0.1, -0.05) is 48.6 Å². The van der Waals surface area contributed by atoms with Gasteiger partial charge in [0.15, 0.2) is 0 Å². The van der Waals surface area contributed by atoms with Crippen molar-refractivity contribution in [1.29, 1.82) is 0 Å². The Balaban J connectivity index is 1.56. The molecule has 2 saturated heterocycles. The number of sulfonamides is 2. The third kappa shape index (κ3) is 4.40. The van der Waals surface area contributed by atoms with E-state index in [1.807, 2.05) is 0 Å². The largest absolute Gasteiger partial charge is 0.389 e. The number of carbonyl (C=O) groups excluding carboxylic acids is 1. The van der Waals surface area contributed by atoms with E-state index in [4.69, 9.17) is 4.74 Å². The lowest BCUT2D eigenvalue weighted by Crippen LogP contribution is -2.59. The lowest BCUT2D eigenvalue weighted by atomic mass is 9.63. The van der Waals surface area contributed by atoms with Crippen molar-refractivity contribution in [3.8, 4) is 0 Å². The van der Waals surface area contributed by atoms with Gasteiger partial charge in [0.05, 0.1) is 34.0 Å². The number of fused-ring (bicyclic) bond motifs is 1. The quantitative estimate of drug-likeness (QED) is 0.539. The first-order chi connectivity index (χ1) is 17.9. The summed E-state index contributed by atoms with van der Waals surface area (Å²) >= 11 is 0. The molecule has 2 aliphatic heterocycles. The fourth-order valence-electron chi connectivity index (χ4n) is 6.09. The Hall–Kier alpha value is -2.57. The summed E-state index contributed by atoms with van der Waals surface area (Å²) in [7, 11) is -8.14. The van der Waals surface area contributed by atoms with E-state index in [-0.39, 0.29) is 41.7 Å². The van der Waals surface area contributed by atoms with E-state index in [1.54, 1.807) is 56.3 Å². The van der Waals surface area contributed by atoms with Gasteiger partial charge in [0.2, 0.25) is 15.9 Å². The zero-order chi connectivity index (χ0) is 27.3. The summed E-state index contributed by atoms with van der Waals surface area (Å²) in [5.41, 5.74) is -2.50. The minimum absolute atomic E-state index is 0.0122. The number of aliphatic hydroxyl groups excluding tert-OH is 1. The predicted molar refractivity (Wildman–Crippen MR) is 140 cm³/mol. The number of carbonyl (C=O) groups is 1. The van der Waals surface area contributed by atoms with Gasteiger partial charge in [0.1, 0.15) is 5.72 Å². The van der Waals surface area contributed by atoms with Crippen LogP contribution >= 0.6 is 0 Å². The second-order valence-corrected chi connectivity index (χ2v) is 14.3. The van der Waals surface area contributed by atoms with Crippen LogP contribution in [0.3, 0.4) is 0 Å². The minimum Gasteiger partial charge on any atom is -0.389 e. The number of ether oxygens (including phenoxy) is 1. The third-order valence-electron chi connectivity index (χ3n) is 7.87. The van der Waals surface area contributed by atoms with Gasteiger partial charge in [0, 0.05) is 6.54 Å². The average molecular weight is 561 g/mol. The smallest absolute Gasteiger partial charge is 0.266 e. The molecule has 2 fully saturated rings. The zero-order valence-corrected chi connectivity index (χ0v) is 22.9. The Morgan fingerprint density at radius 1 is 0.947 bits per heavy atom. The molecule has 4 atom stereocenters. The fourth-order valence-corrected chi connectivity index (χ4v) is 9.47. The highest BCUT2D eigenvalue weighted by atomic mass is 32.2. The maximum atomic E-state index is 14.2. The summed E-state index contributed by atoms with van der Waals surface area (Å²) in [6.45, 7) is 3.36. The fraction of sp³-hybridized carbons (Fsp3) is 0.444. The number of rotatable bonds is 6. The van der Waals surface area contributed by atoms with Crippen LogP contribution in [0.5, 0.6) is 0 Å². The summed E-state index contributed by atoms with van der Waals surface area (Å²) in [5.74, 6) is -0.968. The molecule has 0 spiro atoms. The van der Waals surface area contributed by atoms with Crippen LogP contribution < -0.4 is 0 Å². The lowest BCUT2D eigenvalue weighted by Gasteiger charge is -2.49. The number of aliphatic hydroxyl groups is 1. The highest BCUT2D eigenvalue weighted by Crippen LogP contribution is 2.50. The number of piperidine rings is 1. The highest BCUT2D eigenvalue weighted by Gasteiger charge is 2.58. The molecule has 38 heavy (non-hydrogen) atoms. The van der Waals surface area contributed by atoms with Crippen molar-refractivity contribution in [3.63, 3.8) is 0 Å². The molecule has 0 radical (unpaired) electrons. The Labute approximate surface area is 223 Å². The molecule has 0 bridgehead atoms. The molecule has 9 nitrogen and oxygen atoms in total. The standard InChI is InChI=1S/C27H32N2O7S2/c1-26(2)29(38(34,35)24-11-7-4-8-12-24)21(19-36-26)18-27-15-13-22(30)17-20(27)14-16-28(25(27)31)37(32,33)23-9-5-3-6-10-23/h3-13,15,20-22,30H,14,16-19H2,1-2H3/t20-,21+,22?,27-/m0/s1. The van der Waals surface area contributed by atoms with Gasteiger partial charge in [0.25, 0.3) is 10.0 Å². The van der Waals surface area contributed by atoms with E-state index >= 15 is 0 Å². The maximum Gasteiger partial charge on any atom is 0.266 e. The molecule has 1 aliphatic carbocycles. The van der Waals surface area contributed by atoms with Crippen LogP contribution in [0.15, 0.2) is 82.6 Å². The zero-order valence-electron chi connectivity index (χ0n) is 21.3. The first-order valence-corrected chi connectivity index (χ1v) is 15.5. The van der Waals surface area contributed by atoms with Gasteiger partial charge < -0.3 is 9.84 Å². The van der Waals surface area contributed by atoms with Crippen molar-refractivity contribution in [2.45, 2.75) is 60.8 Å². The van der Waals surface area contributed by atoms with Crippen molar-refractivity contribution in [3.05, 3.63) is 72.8 Å². The summed E-state index contributed by atoms with van der Waals surface area (Å²) in [5, 5.41) is 10.4. The Morgan fingerprint density at radius 3 is 2.13 bits per heavy atom. The van der Waals surface area contributed by atoms with E-state index in [0.29, 0.717) is 6.42 Å². The van der Waals surface area contributed by atoms with Crippen molar-refractivity contribution in [2.24, 2.45) is 11.3 Å². The summed E-state index contributed by atoms with van der Waals surface area (Å²) in [6.07, 6.45) is 3.00. The van der Waals surface area contributed by atoms with Crippen LogP contribution in [0.2, 0.25) is 0 Å². The molecule has 1 N–H and O–H groups in total. The molecule has 1 unspecified atom stereocenters. The number of hydrogen-bond donors (Lipinski definition) is 1. The molecular weight excluding hydrogens is 528 g/mol. The lowest BCUT2D eigenvalue weighted by molar-refractivity contribution is -0.144.